The monoisotopic (exact) mass is 779 g/mol. The Balaban J connectivity index is 1.22. The van der Waals surface area contributed by atoms with Gasteiger partial charge in [0.2, 0.25) is 27.7 Å². The maximum Gasteiger partial charge on any atom is 0.408 e. The van der Waals surface area contributed by atoms with E-state index in [1.807, 2.05) is 37.3 Å². The van der Waals surface area contributed by atoms with E-state index in [1.54, 1.807) is 33.9 Å². The Labute approximate surface area is 322 Å². The predicted molar refractivity (Wildman–Crippen MR) is 204 cm³/mol. The lowest BCUT2D eigenvalue weighted by Gasteiger charge is -2.33. The standard InChI is InChI=1S/C40H53N5O9S/c1-23-9-7-8-10-26-21-40(26,36(48)44-55(50,51)39(6)15-16-39)43-33(46)30-20-27(53-34-29-12-11-25-14-18-52-32(25)28(29)13-17-41-34)22-45(30)35(47)31(24(2)19-23)42-37(49)54-38(3,4)5/h8,10-13,17,23-24,26-27,30-31H,7,9,14-16,18-22H2,1-6H3,(H,42,49)(H,43,46)(H,44,48)/b10-8-/t23-,24+,26+,27+,30-,31-,40+/m0/s1. The predicted octanol–water partition coefficient (Wildman–Crippen LogP) is 4.30. The number of pyridine rings is 1. The molecule has 0 radical (unpaired) electrons. The molecule has 55 heavy (non-hydrogen) atoms. The largest absolute Gasteiger partial charge is 0.492 e. The third kappa shape index (κ3) is 7.86. The number of sulfonamides is 1. The second-order valence-corrected chi connectivity index (χ2v) is 19.6. The highest BCUT2D eigenvalue weighted by Crippen LogP contribution is 2.48. The zero-order chi connectivity index (χ0) is 39.5. The first-order chi connectivity index (χ1) is 25.9. The average Bonchev–Trinajstić information content (AvgIpc) is 3.88. The van der Waals surface area contributed by atoms with Gasteiger partial charge in [-0.15, -0.1) is 0 Å². The summed E-state index contributed by atoms with van der Waals surface area (Å²) in [7, 11) is -3.99. The highest BCUT2D eigenvalue weighted by atomic mass is 32.2. The molecule has 3 N–H and O–H groups in total. The van der Waals surface area contributed by atoms with E-state index in [1.165, 1.54) is 4.90 Å². The van der Waals surface area contributed by atoms with Crippen LogP contribution in [-0.2, 0) is 35.6 Å². The van der Waals surface area contributed by atoms with Crippen molar-refractivity contribution in [3.05, 3.63) is 42.1 Å². The molecule has 0 spiro atoms. The van der Waals surface area contributed by atoms with Crippen molar-refractivity contribution in [2.24, 2.45) is 17.8 Å². The van der Waals surface area contributed by atoms with Crippen molar-refractivity contribution in [3.8, 4) is 11.6 Å². The molecule has 2 aromatic rings. The van der Waals surface area contributed by atoms with Crippen LogP contribution in [0.4, 0.5) is 4.79 Å². The van der Waals surface area contributed by atoms with Crippen molar-refractivity contribution in [2.75, 3.05) is 13.2 Å². The number of nitrogens with one attached hydrogen (secondary N) is 3. The van der Waals surface area contributed by atoms with Crippen LogP contribution in [0.2, 0.25) is 0 Å². The Bertz CT molecular complexity index is 2030. The third-order valence-electron chi connectivity index (χ3n) is 11.8. The lowest BCUT2D eigenvalue weighted by molar-refractivity contribution is -0.142. The molecular formula is C40H53N5O9S. The number of fused-ring (bicyclic) bond motifs is 5. The number of benzene rings is 1. The van der Waals surface area contributed by atoms with Crippen molar-refractivity contribution >= 4 is 44.6 Å². The first kappa shape index (κ1) is 38.9. The number of alkyl carbamates (subject to hydrolysis) is 1. The van der Waals surface area contributed by atoms with E-state index >= 15 is 0 Å². The Morgan fingerprint density at radius 3 is 2.58 bits per heavy atom. The molecule has 3 aliphatic heterocycles. The Morgan fingerprint density at radius 1 is 1.09 bits per heavy atom. The summed E-state index contributed by atoms with van der Waals surface area (Å²) in [6, 6.07) is 3.62. The van der Waals surface area contributed by atoms with Crippen molar-refractivity contribution < 1.29 is 41.8 Å². The number of ether oxygens (including phenoxy) is 3. The molecule has 4 heterocycles. The van der Waals surface area contributed by atoms with Gasteiger partial charge in [-0.25, -0.2) is 18.2 Å². The summed E-state index contributed by atoms with van der Waals surface area (Å²) in [6.07, 6.45) is 8.01. The van der Waals surface area contributed by atoms with Crippen LogP contribution in [0.25, 0.3) is 10.8 Å². The number of carbonyl (C=O) groups excluding carboxylic acids is 4. The minimum absolute atomic E-state index is 0.0134. The highest BCUT2D eigenvalue weighted by Gasteiger charge is 2.63. The molecule has 0 unspecified atom stereocenters. The number of hydrogen-bond donors (Lipinski definition) is 3. The van der Waals surface area contributed by atoms with Gasteiger partial charge in [0.25, 0.3) is 5.91 Å². The summed E-state index contributed by atoms with van der Waals surface area (Å²) in [5, 5.41) is 7.31. The fourth-order valence-corrected chi connectivity index (χ4v) is 9.47. The SMILES string of the molecule is C[C@H]1CC/C=C\[C@@H]2C[C@@]2(C(=O)NS(=O)(=O)C2(C)CC2)NC(=O)[C@@H]2C[C@@H](Oc3nccc4c5c(ccc34)CCO5)CN2C(=O)[C@@H](NC(=O)OC(C)(C)C)[C@H](C)C1. The second-order valence-electron chi connectivity index (χ2n) is 17.4. The maximum atomic E-state index is 14.8. The molecule has 2 aliphatic carbocycles. The summed E-state index contributed by atoms with van der Waals surface area (Å²) >= 11 is 0. The van der Waals surface area contributed by atoms with Crippen molar-refractivity contribution in [1.29, 1.82) is 0 Å². The van der Waals surface area contributed by atoms with Crippen LogP contribution in [0, 0.1) is 17.8 Å². The number of aromatic nitrogens is 1. The van der Waals surface area contributed by atoms with E-state index in [2.05, 4.69) is 27.3 Å². The Hall–Kier alpha value is -4.40. The fourth-order valence-electron chi connectivity index (χ4n) is 8.16. The van der Waals surface area contributed by atoms with Crippen molar-refractivity contribution in [2.45, 2.75) is 127 Å². The zero-order valence-corrected chi connectivity index (χ0v) is 33.3. The van der Waals surface area contributed by atoms with Gasteiger partial charge in [0.15, 0.2) is 0 Å². The molecule has 7 rings (SSSR count). The number of carbonyl (C=O) groups is 4. The summed E-state index contributed by atoms with van der Waals surface area (Å²) in [5.41, 5.74) is -1.25. The minimum Gasteiger partial charge on any atom is -0.492 e. The van der Waals surface area contributed by atoms with Crippen molar-refractivity contribution in [1.82, 2.24) is 25.2 Å². The smallest absolute Gasteiger partial charge is 0.408 e. The van der Waals surface area contributed by atoms with E-state index in [0.29, 0.717) is 38.2 Å². The molecule has 1 saturated heterocycles. The normalized spacial score (nSPS) is 31.0. The van der Waals surface area contributed by atoms with E-state index in [0.717, 1.165) is 34.9 Å². The van der Waals surface area contributed by atoms with Crippen LogP contribution in [-0.4, -0.2) is 89.3 Å². The Kier molecular flexibility index (Phi) is 10.1. The van der Waals surface area contributed by atoms with E-state index in [9.17, 15) is 27.6 Å². The zero-order valence-electron chi connectivity index (χ0n) is 32.5. The molecule has 5 aliphatic rings. The highest BCUT2D eigenvalue weighted by molar-refractivity contribution is 7.91. The molecule has 7 atom stereocenters. The van der Waals surface area contributed by atoms with E-state index < -0.39 is 73.8 Å². The molecule has 15 heteroatoms. The van der Waals surface area contributed by atoms with Crippen LogP contribution in [0.3, 0.4) is 0 Å². The van der Waals surface area contributed by atoms with Crippen LogP contribution >= 0.6 is 0 Å². The van der Waals surface area contributed by atoms with Crippen LogP contribution in [0.1, 0.15) is 92.1 Å². The molecule has 1 aromatic carbocycles. The van der Waals surface area contributed by atoms with Gasteiger partial charge in [-0.05, 0) is 95.8 Å². The van der Waals surface area contributed by atoms with Gasteiger partial charge in [-0.1, -0.05) is 32.1 Å². The topological polar surface area (TPSA) is 182 Å². The van der Waals surface area contributed by atoms with Gasteiger partial charge in [-0.3, -0.25) is 19.1 Å². The summed E-state index contributed by atoms with van der Waals surface area (Å²) in [4.78, 5) is 62.4. The lowest BCUT2D eigenvalue weighted by atomic mass is 9.88. The van der Waals surface area contributed by atoms with Gasteiger partial charge in [0, 0.05) is 35.7 Å². The summed E-state index contributed by atoms with van der Waals surface area (Å²) in [6.45, 7) is 11.4. The number of allylic oxidation sites excluding steroid dienone is 1. The fraction of sp³-hybridized carbons (Fsp3) is 0.625. The van der Waals surface area contributed by atoms with Gasteiger partial charge in [-0.2, -0.15) is 0 Å². The first-order valence-electron chi connectivity index (χ1n) is 19.5. The second kappa shape index (κ2) is 14.3. The van der Waals surface area contributed by atoms with Crippen LogP contribution in [0.5, 0.6) is 11.6 Å². The van der Waals surface area contributed by atoms with Gasteiger partial charge in [0.05, 0.1) is 17.9 Å². The number of amides is 4. The molecular weight excluding hydrogens is 727 g/mol. The van der Waals surface area contributed by atoms with Crippen LogP contribution in [0.15, 0.2) is 36.5 Å². The molecule has 0 bridgehead atoms. The molecule has 4 amide bonds. The molecule has 2 saturated carbocycles. The van der Waals surface area contributed by atoms with Crippen molar-refractivity contribution in [3.63, 3.8) is 0 Å². The summed E-state index contributed by atoms with van der Waals surface area (Å²) in [5.74, 6) is -1.42. The number of nitrogens with zero attached hydrogens (tertiary/aromatic N) is 2. The quantitative estimate of drug-likeness (QED) is 0.358. The molecule has 3 fully saturated rings. The lowest BCUT2D eigenvalue weighted by Crippen LogP contribution is -2.59. The number of hydrogen-bond acceptors (Lipinski definition) is 10. The van der Waals surface area contributed by atoms with Gasteiger partial charge >= 0.3 is 6.09 Å². The molecule has 298 valence electrons. The van der Waals surface area contributed by atoms with E-state index in [-0.39, 0.29) is 31.2 Å². The summed E-state index contributed by atoms with van der Waals surface area (Å²) < 4.78 is 45.6. The minimum atomic E-state index is -3.99. The van der Waals surface area contributed by atoms with Gasteiger partial charge < -0.3 is 29.7 Å². The van der Waals surface area contributed by atoms with E-state index in [4.69, 9.17) is 14.2 Å². The third-order valence-corrected chi connectivity index (χ3v) is 13.9. The molecule has 14 nitrogen and oxygen atoms in total. The van der Waals surface area contributed by atoms with Gasteiger partial charge in [0.1, 0.15) is 35.1 Å². The maximum absolute atomic E-state index is 14.8. The van der Waals surface area contributed by atoms with Crippen LogP contribution < -0.4 is 24.8 Å². The first-order valence-corrected chi connectivity index (χ1v) is 20.9. The number of rotatable bonds is 6. The Morgan fingerprint density at radius 2 is 1.85 bits per heavy atom. The molecule has 1 aromatic heterocycles. The average molecular weight is 780 g/mol.